The summed E-state index contributed by atoms with van der Waals surface area (Å²) in [5.74, 6) is 0.756. The molecule has 1 fully saturated rings. The molecule has 0 amide bonds. The molecule has 1 aromatic carbocycles. The number of aliphatic imine (C=N–C) groups is 1. The van der Waals surface area contributed by atoms with Crippen LogP contribution in [0.2, 0.25) is 0 Å². The number of benzene rings is 1. The first-order valence-corrected chi connectivity index (χ1v) is 8.42. The van der Waals surface area contributed by atoms with E-state index in [-0.39, 0.29) is 12.0 Å². The Kier molecular flexibility index (Phi) is 7.49. The van der Waals surface area contributed by atoms with Gasteiger partial charge >= 0.3 is 0 Å². The molecule has 0 spiro atoms. The molecule has 6 nitrogen and oxygen atoms in total. The van der Waals surface area contributed by atoms with Crippen LogP contribution in [0.25, 0.3) is 0 Å². The molecule has 1 aromatic rings. The second-order valence-electron chi connectivity index (χ2n) is 6.26. The summed E-state index contributed by atoms with van der Waals surface area (Å²) in [4.78, 5) is 4.29. The third kappa shape index (κ3) is 5.19. The van der Waals surface area contributed by atoms with Gasteiger partial charge in [0.15, 0.2) is 5.96 Å². The maximum Gasteiger partial charge on any atom is 0.191 e. The first-order valence-electron chi connectivity index (χ1n) is 8.42. The molecule has 1 unspecified atom stereocenters. The van der Waals surface area contributed by atoms with E-state index in [1.165, 1.54) is 11.1 Å². The molecule has 1 aliphatic heterocycles. The molecular formula is C18H29N3O3. The lowest BCUT2D eigenvalue weighted by Gasteiger charge is -2.27. The Morgan fingerprint density at radius 1 is 1.33 bits per heavy atom. The highest BCUT2D eigenvalue weighted by Crippen LogP contribution is 2.31. The summed E-state index contributed by atoms with van der Waals surface area (Å²) in [6, 6.07) is 8.21. The third-order valence-corrected chi connectivity index (χ3v) is 4.55. The summed E-state index contributed by atoms with van der Waals surface area (Å²) in [7, 11) is 3.47. The van der Waals surface area contributed by atoms with E-state index in [2.05, 4.69) is 27.8 Å². The Morgan fingerprint density at radius 3 is 2.75 bits per heavy atom. The minimum absolute atomic E-state index is 0.000325. The van der Waals surface area contributed by atoms with Gasteiger partial charge in [-0.25, -0.2) is 0 Å². The van der Waals surface area contributed by atoms with E-state index in [1.807, 2.05) is 12.1 Å². The molecule has 0 saturated carbocycles. The van der Waals surface area contributed by atoms with Crippen LogP contribution in [0.3, 0.4) is 0 Å². The van der Waals surface area contributed by atoms with Crippen LogP contribution in [0.4, 0.5) is 0 Å². The lowest BCUT2D eigenvalue weighted by atomic mass is 9.84. The fraction of sp³-hybridized carbons (Fsp3) is 0.611. The Bertz CT molecular complexity index is 528. The number of aliphatic hydroxyl groups excluding tert-OH is 1. The lowest BCUT2D eigenvalue weighted by Crippen LogP contribution is -2.44. The monoisotopic (exact) mass is 335 g/mol. The standard InChI is InChI=1S/C18H29N3O3/c1-19-17(21-13-18(7-9-22)8-10-24-14-18)20-11-15-5-3-4-6-16(15)12-23-2/h3-6,22H,7-14H2,1-2H3,(H2,19,20,21). The molecule has 24 heavy (non-hydrogen) atoms. The maximum atomic E-state index is 9.31. The average molecular weight is 335 g/mol. The number of hydrogen-bond acceptors (Lipinski definition) is 4. The Hall–Kier alpha value is -1.63. The summed E-state index contributed by atoms with van der Waals surface area (Å²) in [6.45, 7) is 3.66. The van der Waals surface area contributed by atoms with Crippen molar-refractivity contribution in [3.63, 3.8) is 0 Å². The number of rotatable bonds is 8. The number of aliphatic hydroxyl groups is 1. The zero-order valence-electron chi connectivity index (χ0n) is 14.7. The highest BCUT2D eigenvalue weighted by Gasteiger charge is 2.34. The Labute approximate surface area is 144 Å². The molecule has 1 atom stereocenters. The van der Waals surface area contributed by atoms with Crippen LogP contribution < -0.4 is 10.6 Å². The number of methoxy groups -OCH3 is 1. The van der Waals surface area contributed by atoms with Gasteiger partial charge in [0.25, 0.3) is 0 Å². The molecule has 6 heteroatoms. The van der Waals surface area contributed by atoms with Crippen LogP contribution in [0.1, 0.15) is 24.0 Å². The van der Waals surface area contributed by atoms with E-state index in [0.29, 0.717) is 19.8 Å². The van der Waals surface area contributed by atoms with Crippen molar-refractivity contribution in [1.82, 2.24) is 10.6 Å². The van der Waals surface area contributed by atoms with Gasteiger partial charge in [0.1, 0.15) is 0 Å². The molecule has 1 saturated heterocycles. The van der Waals surface area contributed by atoms with E-state index in [9.17, 15) is 5.11 Å². The number of guanidine groups is 1. The molecular weight excluding hydrogens is 306 g/mol. The maximum absolute atomic E-state index is 9.31. The molecule has 0 aromatic heterocycles. The van der Waals surface area contributed by atoms with Crippen molar-refractivity contribution in [3.05, 3.63) is 35.4 Å². The van der Waals surface area contributed by atoms with Crippen molar-refractivity contribution >= 4 is 5.96 Å². The molecule has 2 rings (SSSR count). The van der Waals surface area contributed by atoms with Crippen LogP contribution in [-0.4, -0.2) is 51.6 Å². The zero-order valence-corrected chi connectivity index (χ0v) is 14.7. The SMILES string of the molecule is CN=C(NCc1ccccc1COC)NCC1(CCO)CCOC1. The molecule has 3 N–H and O–H groups in total. The van der Waals surface area contributed by atoms with Crippen molar-refractivity contribution < 1.29 is 14.6 Å². The lowest BCUT2D eigenvalue weighted by molar-refractivity contribution is 0.127. The van der Waals surface area contributed by atoms with E-state index in [1.54, 1.807) is 14.2 Å². The van der Waals surface area contributed by atoms with Gasteiger partial charge in [-0.2, -0.15) is 0 Å². The Morgan fingerprint density at radius 2 is 2.12 bits per heavy atom. The van der Waals surface area contributed by atoms with Crippen LogP contribution >= 0.6 is 0 Å². The van der Waals surface area contributed by atoms with Crippen molar-refractivity contribution in [3.8, 4) is 0 Å². The van der Waals surface area contributed by atoms with E-state index in [0.717, 1.165) is 32.0 Å². The molecule has 0 bridgehead atoms. The highest BCUT2D eigenvalue weighted by molar-refractivity contribution is 5.79. The van der Waals surface area contributed by atoms with Gasteiger partial charge in [-0.1, -0.05) is 24.3 Å². The van der Waals surface area contributed by atoms with Crippen LogP contribution in [-0.2, 0) is 22.6 Å². The summed E-state index contributed by atoms with van der Waals surface area (Å²) in [5, 5.41) is 16.0. The van der Waals surface area contributed by atoms with Gasteiger partial charge < -0.3 is 25.2 Å². The Balaban J connectivity index is 1.89. The smallest absolute Gasteiger partial charge is 0.191 e. The first kappa shape index (κ1) is 18.7. The number of ether oxygens (including phenoxy) is 2. The van der Waals surface area contributed by atoms with Gasteiger partial charge in [-0.3, -0.25) is 4.99 Å². The number of hydrogen-bond donors (Lipinski definition) is 3. The summed E-state index contributed by atoms with van der Waals surface area (Å²) < 4.78 is 10.8. The second-order valence-corrected chi connectivity index (χ2v) is 6.26. The minimum Gasteiger partial charge on any atom is -0.396 e. The van der Waals surface area contributed by atoms with Gasteiger partial charge in [-0.15, -0.1) is 0 Å². The topological polar surface area (TPSA) is 75.1 Å². The first-order chi connectivity index (χ1) is 11.7. The normalized spacial score (nSPS) is 21.0. The van der Waals surface area contributed by atoms with Crippen LogP contribution in [0.15, 0.2) is 29.3 Å². The van der Waals surface area contributed by atoms with E-state index < -0.39 is 0 Å². The highest BCUT2D eigenvalue weighted by atomic mass is 16.5. The van der Waals surface area contributed by atoms with Crippen molar-refractivity contribution in [2.45, 2.75) is 26.0 Å². The molecule has 134 valence electrons. The zero-order chi connectivity index (χ0) is 17.3. The fourth-order valence-electron chi connectivity index (χ4n) is 3.01. The number of nitrogens with one attached hydrogen (secondary N) is 2. The summed E-state index contributed by atoms with van der Waals surface area (Å²) >= 11 is 0. The molecule has 0 radical (unpaired) electrons. The second kappa shape index (κ2) is 9.61. The van der Waals surface area contributed by atoms with Gasteiger partial charge in [-0.05, 0) is 24.0 Å². The minimum atomic E-state index is 0.000325. The number of nitrogens with zero attached hydrogens (tertiary/aromatic N) is 1. The van der Waals surface area contributed by atoms with Gasteiger partial charge in [0.2, 0.25) is 0 Å². The predicted molar refractivity (Wildman–Crippen MR) is 94.9 cm³/mol. The van der Waals surface area contributed by atoms with Crippen LogP contribution in [0.5, 0.6) is 0 Å². The van der Waals surface area contributed by atoms with Crippen molar-refractivity contribution in [1.29, 1.82) is 0 Å². The quantitative estimate of drug-likeness (QED) is 0.493. The van der Waals surface area contributed by atoms with E-state index in [4.69, 9.17) is 9.47 Å². The summed E-state index contributed by atoms with van der Waals surface area (Å²) in [6.07, 6.45) is 1.71. The van der Waals surface area contributed by atoms with Gasteiger partial charge in [0.05, 0.1) is 13.2 Å². The van der Waals surface area contributed by atoms with Crippen LogP contribution in [0, 0.1) is 5.41 Å². The van der Waals surface area contributed by atoms with Crippen molar-refractivity contribution in [2.75, 3.05) is 40.5 Å². The fourth-order valence-corrected chi connectivity index (χ4v) is 3.01. The van der Waals surface area contributed by atoms with E-state index >= 15 is 0 Å². The molecule has 1 aliphatic rings. The summed E-state index contributed by atoms with van der Waals surface area (Å²) in [5.41, 5.74) is 2.36. The average Bonchev–Trinajstić information content (AvgIpc) is 3.06. The van der Waals surface area contributed by atoms with Crippen molar-refractivity contribution in [2.24, 2.45) is 10.4 Å². The van der Waals surface area contributed by atoms with Gasteiger partial charge in [0, 0.05) is 45.9 Å². The predicted octanol–water partition coefficient (Wildman–Crippen LogP) is 1.29. The largest absolute Gasteiger partial charge is 0.396 e. The molecule has 1 heterocycles. The molecule has 0 aliphatic carbocycles. The third-order valence-electron chi connectivity index (χ3n) is 4.55.